The zero-order valence-electron chi connectivity index (χ0n) is 12.0. The van der Waals surface area contributed by atoms with Crippen molar-refractivity contribution in [3.63, 3.8) is 0 Å². The molecule has 0 aliphatic carbocycles. The highest BCUT2D eigenvalue weighted by Crippen LogP contribution is 2.37. The van der Waals surface area contributed by atoms with E-state index in [-0.39, 0.29) is 5.60 Å². The Hall–Kier alpha value is -0.160. The van der Waals surface area contributed by atoms with Gasteiger partial charge in [-0.2, -0.15) is 0 Å². The van der Waals surface area contributed by atoms with E-state index in [4.69, 9.17) is 15.2 Å². The first kappa shape index (κ1) is 13.8. The molecule has 0 saturated carbocycles. The summed E-state index contributed by atoms with van der Waals surface area (Å²) in [6.07, 6.45) is 8.48. The second-order valence-corrected chi connectivity index (χ2v) is 6.41. The number of likely N-dealkylation sites (tertiary alicyclic amines) is 1. The predicted molar refractivity (Wildman–Crippen MR) is 75.2 cm³/mol. The molecule has 3 heterocycles. The number of rotatable bonds is 2. The zero-order valence-corrected chi connectivity index (χ0v) is 12.0. The average molecular weight is 268 g/mol. The summed E-state index contributed by atoms with van der Waals surface area (Å²) in [4.78, 5) is 2.70. The van der Waals surface area contributed by atoms with Gasteiger partial charge in [-0.05, 0) is 45.1 Å². The number of nitrogens with zero attached hydrogens (tertiary/aromatic N) is 1. The van der Waals surface area contributed by atoms with Crippen molar-refractivity contribution in [1.29, 1.82) is 0 Å². The minimum atomic E-state index is 0.109. The summed E-state index contributed by atoms with van der Waals surface area (Å²) >= 11 is 0. The lowest BCUT2D eigenvalue weighted by molar-refractivity contribution is -0.155. The maximum absolute atomic E-state index is 6.16. The maximum Gasteiger partial charge on any atom is 0.0741 e. The second kappa shape index (κ2) is 6.08. The molecule has 1 spiro atoms. The van der Waals surface area contributed by atoms with Gasteiger partial charge in [0.15, 0.2) is 0 Å². The smallest absolute Gasteiger partial charge is 0.0741 e. The number of hydrogen-bond donors (Lipinski definition) is 1. The molecule has 3 rings (SSSR count). The van der Waals surface area contributed by atoms with Crippen LogP contribution in [-0.4, -0.2) is 55.5 Å². The highest BCUT2D eigenvalue weighted by molar-refractivity contribution is 4.94. The molecule has 3 aliphatic rings. The molecule has 0 aromatic rings. The van der Waals surface area contributed by atoms with Gasteiger partial charge in [-0.1, -0.05) is 6.42 Å². The molecule has 0 bridgehead atoms. The molecule has 4 nitrogen and oxygen atoms in total. The van der Waals surface area contributed by atoms with Gasteiger partial charge in [0.1, 0.15) is 0 Å². The van der Waals surface area contributed by atoms with Crippen LogP contribution in [0.25, 0.3) is 0 Å². The molecule has 3 aliphatic heterocycles. The Kier molecular flexibility index (Phi) is 4.42. The van der Waals surface area contributed by atoms with Gasteiger partial charge in [0.2, 0.25) is 0 Å². The largest absolute Gasteiger partial charge is 0.381 e. The molecule has 2 unspecified atom stereocenters. The second-order valence-electron chi connectivity index (χ2n) is 6.41. The van der Waals surface area contributed by atoms with Gasteiger partial charge in [0.05, 0.1) is 5.60 Å². The van der Waals surface area contributed by atoms with Gasteiger partial charge in [0, 0.05) is 38.4 Å². The summed E-state index contributed by atoms with van der Waals surface area (Å²) in [5.74, 6) is 0. The van der Waals surface area contributed by atoms with Crippen LogP contribution in [-0.2, 0) is 9.47 Å². The maximum atomic E-state index is 6.16. The standard InChI is InChI=1S/C15H28N2O2/c16-12-14-3-1-2-7-17(14)13-4-8-19-15(11-13)5-9-18-10-6-15/h13-14H,1-12,16H2. The van der Waals surface area contributed by atoms with Crippen molar-refractivity contribution in [2.75, 3.05) is 32.9 Å². The number of nitrogens with two attached hydrogens (primary N) is 1. The van der Waals surface area contributed by atoms with Gasteiger partial charge >= 0.3 is 0 Å². The van der Waals surface area contributed by atoms with E-state index in [9.17, 15) is 0 Å². The van der Waals surface area contributed by atoms with Crippen LogP contribution in [0.2, 0.25) is 0 Å². The molecule has 0 amide bonds. The van der Waals surface area contributed by atoms with Crippen molar-refractivity contribution in [2.24, 2.45) is 5.73 Å². The van der Waals surface area contributed by atoms with Crippen molar-refractivity contribution in [1.82, 2.24) is 4.90 Å². The van der Waals surface area contributed by atoms with Crippen molar-refractivity contribution < 1.29 is 9.47 Å². The molecule has 4 heteroatoms. The lowest BCUT2D eigenvalue weighted by Gasteiger charge is -2.49. The van der Waals surface area contributed by atoms with Gasteiger partial charge in [0.25, 0.3) is 0 Å². The van der Waals surface area contributed by atoms with Crippen LogP contribution in [0.15, 0.2) is 0 Å². The lowest BCUT2D eigenvalue weighted by atomic mass is 9.82. The van der Waals surface area contributed by atoms with Crippen LogP contribution in [0, 0.1) is 0 Å². The van der Waals surface area contributed by atoms with E-state index < -0.39 is 0 Å². The highest BCUT2D eigenvalue weighted by atomic mass is 16.5. The molecule has 0 aromatic carbocycles. The lowest BCUT2D eigenvalue weighted by Crippen LogP contribution is -2.56. The summed E-state index contributed by atoms with van der Waals surface area (Å²) in [5, 5.41) is 0. The minimum absolute atomic E-state index is 0.109. The Balaban J connectivity index is 1.66. The van der Waals surface area contributed by atoms with Crippen molar-refractivity contribution in [2.45, 2.75) is 62.6 Å². The SMILES string of the molecule is NCC1CCCCN1C1CCOC2(CCOCC2)C1. The molecule has 0 radical (unpaired) electrons. The quantitative estimate of drug-likeness (QED) is 0.825. The summed E-state index contributed by atoms with van der Waals surface area (Å²) < 4.78 is 11.7. The number of piperidine rings is 1. The molecule has 19 heavy (non-hydrogen) atoms. The first-order valence-electron chi connectivity index (χ1n) is 8.00. The molecular weight excluding hydrogens is 240 g/mol. The fourth-order valence-electron chi connectivity index (χ4n) is 4.13. The van der Waals surface area contributed by atoms with Gasteiger partial charge in [-0.3, -0.25) is 4.90 Å². The molecule has 3 fully saturated rings. The molecular formula is C15H28N2O2. The molecule has 110 valence electrons. The first-order valence-corrected chi connectivity index (χ1v) is 8.00. The van der Waals surface area contributed by atoms with Crippen LogP contribution in [0.1, 0.15) is 44.9 Å². The minimum Gasteiger partial charge on any atom is -0.381 e. The fraction of sp³-hybridized carbons (Fsp3) is 1.00. The third kappa shape index (κ3) is 2.97. The molecule has 3 saturated heterocycles. The van der Waals surface area contributed by atoms with Gasteiger partial charge in [-0.15, -0.1) is 0 Å². The Morgan fingerprint density at radius 2 is 1.95 bits per heavy atom. The normalized spacial score (nSPS) is 36.5. The van der Waals surface area contributed by atoms with E-state index in [2.05, 4.69) is 4.90 Å². The van der Waals surface area contributed by atoms with E-state index in [0.29, 0.717) is 12.1 Å². The van der Waals surface area contributed by atoms with E-state index in [0.717, 1.165) is 39.2 Å². The summed E-state index contributed by atoms with van der Waals surface area (Å²) in [5.41, 5.74) is 6.09. The average Bonchev–Trinajstić information content (AvgIpc) is 2.48. The van der Waals surface area contributed by atoms with Crippen LogP contribution >= 0.6 is 0 Å². The van der Waals surface area contributed by atoms with E-state index in [1.54, 1.807) is 0 Å². The predicted octanol–water partition coefficient (Wildman–Crippen LogP) is 1.53. The van der Waals surface area contributed by atoms with Gasteiger partial charge in [-0.25, -0.2) is 0 Å². The monoisotopic (exact) mass is 268 g/mol. The highest BCUT2D eigenvalue weighted by Gasteiger charge is 2.42. The Morgan fingerprint density at radius 3 is 2.74 bits per heavy atom. The Labute approximate surface area is 116 Å². The summed E-state index contributed by atoms with van der Waals surface area (Å²) in [6, 6.07) is 1.29. The Bertz CT molecular complexity index is 286. The molecule has 2 atom stereocenters. The molecule has 0 aromatic heterocycles. The van der Waals surface area contributed by atoms with Crippen molar-refractivity contribution >= 4 is 0 Å². The van der Waals surface area contributed by atoms with Crippen molar-refractivity contribution in [3.8, 4) is 0 Å². The Morgan fingerprint density at radius 1 is 1.11 bits per heavy atom. The van der Waals surface area contributed by atoms with Gasteiger partial charge < -0.3 is 15.2 Å². The van der Waals surface area contributed by atoms with Crippen LogP contribution < -0.4 is 5.73 Å². The van der Waals surface area contributed by atoms with E-state index in [1.165, 1.54) is 38.6 Å². The van der Waals surface area contributed by atoms with Crippen LogP contribution in [0.5, 0.6) is 0 Å². The van der Waals surface area contributed by atoms with E-state index >= 15 is 0 Å². The van der Waals surface area contributed by atoms with E-state index in [1.807, 2.05) is 0 Å². The van der Waals surface area contributed by atoms with Crippen LogP contribution in [0.3, 0.4) is 0 Å². The fourth-order valence-corrected chi connectivity index (χ4v) is 4.13. The third-order valence-corrected chi connectivity index (χ3v) is 5.28. The first-order chi connectivity index (χ1) is 9.33. The molecule has 2 N–H and O–H groups in total. The third-order valence-electron chi connectivity index (χ3n) is 5.28. The summed E-state index contributed by atoms with van der Waals surface area (Å²) in [7, 11) is 0. The topological polar surface area (TPSA) is 47.7 Å². The number of hydrogen-bond acceptors (Lipinski definition) is 4. The summed E-state index contributed by atoms with van der Waals surface area (Å²) in [6.45, 7) is 4.70. The van der Waals surface area contributed by atoms with Crippen molar-refractivity contribution in [3.05, 3.63) is 0 Å². The number of ether oxygens (including phenoxy) is 2. The zero-order chi connectivity index (χ0) is 13.1. The van der Waals surface area contributed by atoms with Crippen LogP contribution in [0.4, 0.5) is 0 Å².